The van der Waals surface area contributed by atoms with Crippen LogP contribution < -0.4 is 0 Å². The maximum atomic E-state index is 10.9. The first-order chi connectivity index (χ1) is 7.77. The van der Waals surface area contributed by atoms with Crippen molar-refractivity contribution in [1.29, 1.82) is 0 Å². The van der Waals surface area contributed by atoms with Gasteiger partial charge in [0.15, 0.2) is 0 Å². The van der Waals surface area contributed by atoms with Gasteiger partial charge in [0.2, 0.25) is 0 Å². The molecule has 2 heterocycles. The monoisotopic (exact) mass is 215 g/mol. The van der Waals surface area contributed by atoms with Gasteiger partial charge in [0.05, 0.1) is 11.8 Å². The first-order valence-electron chi connectivity index (χ1n) is 4.66. The molecule has 4 heteroatoms. The van der Waals surface area contributed by atoms with Gasteiger partial charge in [-0.05, 0) is 29.8 Å². The summed E-state index contributed by atoms with van der Waals surface area (Å²) < 4.78 is 5.11. The zero-order chi connectivity index (χ0) is 11.4. The van der Waals surface area contributed by atoms with E-state index in [1.165, 1.54) is 6.20 Å². The minimum Gasteiger partial charge on any atom is -0.478 e. The highest BCUT2D eigenvalue weighted by Crippen LogP contribution is 2.12. The zero-order valence-electron chi connectivity index (χ0n) is 8.33. The predicted molar refractivity (Wildman–Crippen MR) is 58.8 cm³/mol. The van der Waals surface area contributed by atoms with E-state index in [4.69, 9.17) is 9.52 Å². The van der Waals surface area contributed by atoms with E-state index in [0.717, 1.165) is 0 Å². The lowest BCUT2D eigenvalue weighted by atomic mass is 10.1. The summed E-state index contributed by atoms with van der Waals surface area (Å²) in [6, 6.07) is 5.20. The van der Waals surface area contributed by atoms with Crippen LogP contribution in [0, 0.1) is 0 Å². The average molecular weight is 215 g/mol. The molecule has 0 unspecified atom stereocenters. The lowest BCUT2D eigenvalue weighted by molar-refractivity contribution is 0.0696. The molecule has 16 heavy (non-hydrogen) atoms. The van der Waals surface area contributed by atoms with Crippen LogP contribution in [0.4, 0.5) is 0 Å². The Balaban J connectivity index is 2.31. The van der Waals surface area contributed by atoms with Gasteiger partial charge in [-0.15, -0.1) is 0 Å². The molecule has 0 atom stereocenters. The fourth-order valence-corrected chi connectivity index (χ4v) is 1.29. The maximum Gasteiger partial charge on any atom is 0.337 e. The maximum absolute atomic E-state index is 10.9. The fraction of sp³-hybridized carbons (Fsp3) is 0. The van der Waals surface area contributed by atoms with E-state index in [1.54, 1.807) is 42.8 Å². The number of carboxylic acids is 1. The number of aromatic nitrogens is 1. The lowest BCUT2D eigenvalue weighted by Gasteiger charge is -1.98. The predicted octanol–water partition coefficient (Wildman–Crippen LogP) is 2.54. The van der Waals surface area contributed by atoms with Crippen LogP contribution in [0.3, 0.4) is 0 Å². The summed E-state index contributed by atoms with van der Waals surface area (Å²) in [5, 5.41) is 8.93. The summed E-state index contributed by atoms with van der Waals surface area (Å²) in [5.74, 6) is -0.319. The second-order valence-electron chi connectivity index (χ2n) is 3.12. The van der Waals surface area contributed by atoms with Crippen LogP contribution in [-0.2, 0) is 0 Å². The Morgan fingerprint density at radius 3 is 2.94 bits per heavy atom. The van der Waals surface area contributed by atoms with E-state index < -0.39 is 5.97 Å². The molecule has 0 aliphatic rings. The molecule has 80 valence electrons. The molecule has 0 aliphatic carbocycles. The van der Waals surface area contributed by atoms with E-state index in [2.05, 4.69) is 4.98 Å². The van der Waals surface area contributed by atoms with Crippen molar-refractivity contribution < 1.29 is 14.3 Å². The van der Waals surface area contributed by atoms with Gasteiger partial charge in [-0.3, -0.25) is 4.98 Å². The molecule has 0 aromatic carbocycles. The van der Waals surface area contributed by atoms with Crippen LogP contribution in [0.5, 0.6) is 0 Å². The third kappa shape index (κ3) is 2.17. The number of hydrogen-bond donors (Lipinski definition) is 1. The molecule has 0 bridgehead atoms. The van der Waals surface area contributed by atoms with Gasteiger partial charge in [-0.1, -0.05) is 6.08 Å². The van der Waals surface area contributed by atoms with Crippen LogP contribution in [0.15, 0.2) is 41.3 Å². The van der Waals surface area contributed by atoms with E-state index in [0.29, 0.717) is 11.3 Å². The number of pyridine rings is 1. The third-order valence-corrected chi connectivity index (χ3v) is 2.06. The zero-order valence-corrected chi connectivity index (χ0v) is 8.33. The molecule has 0 amide bonds. The molecule has 2 rings (SSSR count). The van der Waals surface area contributed by atoms with Crippen molar-refractivity contribution in [2.45, 2.75) is 0 Å². The number of hydrogen-bond acceptors (Lipinski definition) is 3. The van der Waals surface area contributed by atoms with E-state index >= 15 is 0 Å². The van der Waals surface area contributed by atoms with Crippen LogP contribution in [-0.4, -0.2) is 16.1 Å². The highest BCUT2D eigenvalue weighted by Gasteiger charge is 2.06. The molecule has 4 nitrogen and oxygen atoms in total. The summed E-state index contributed by atoms with van der Waals surface area (Å²) in [6.07, 6.45) is 7.83. The van der Waals surface area contributed by atoms with Gasteiger partial charge < -0.3 is 9.52 Å². The Bertz CT molecular complexity index is 515. The molecular formula is C12H9NO3. The van der Waals surface area contributed by atoms with Crippen LogP contribution in [0.25, 0.3) is 12.2 Å². The number of furan rings is 1. The molecule has 0 saturated carbocycles. The Hall–Kier alpha value is -2.36. The van der Waals surface area contributed by atoms with Crippen LogP contribution in [0.1, 0.15) is 21.7 Å². The molecule has 0 spiro atoms. The van der Waals surface area contributed by atoms with Crippen molar-refractivity contribution in [2.75, 3.05) is 0 Å². The SMILES string of the molecule is O=C(O)c1cnccc1/C=C/c1ccco1. The molecule has 0 radical (unpaired) electrons. The van der Waals surface area contributed by atoms with Crippen LogP contribution >= 0.6 is 0 Å². The highest BCUT2D eigenvalue weighted by molar-refractivity contribution is 5.92. The first kappa shape index (κ1) is 10.2. The standard InChI is InChI=1S/C12H9NO3/c14-12(15)11-8-13-6-5-9(11)3-4-10-2-1-7-16-10/h1-8H,(H,14,15)/b4-3+. The van der Waals surface area contributed by atoms with E-state index in [1.807, 2.05) is 0 Å². The second kappa shape index (κ2) is 4.44. The van der Waals surface area contributed by atoms with Gasteiger partial charge >= 0.3 is 5.97 Å². The number of aromatic carboxylic acids is 1. The largest absolute Gasteiger partial charge is 0.478 e. The van der Waals surface area contributed by atoms with Gasteiger partial charge in [0, 0.05) is 12.4 Å². The summed E-state index contributed by atoms with van der Waals surface area (Å²) in [7, 11) is 0. The fourth-order valence-electron chi connectivity index (χ4n) is 1.29. The molecular weight excluding hydrogens is 206 g/mol. The van der Waals surface area contributed by atoms with Crippen LogP contribution in [0.2, 0.25) is 0 Å². The third-order valence-electron chi connectivity index (χ3n) is 2.06. The smallest absolute Gasteiger partial charge is 0.337 e. The highest BCUT2D eigenvalue weighted by atomic mass is 16.4. The van der Waals surface area contributed by atoms with Crippen molar-refractivity contribution in [3.05, 3.63) is 53.7 Å². The Labute approximate surface area is 91.9 Å². The quantitative estimate of drug-likeness (QED) is 0.854. The minimum absolute atomic E-state index is 0.172. The van der Waals surface area contributed by atoms with Gasteiger partial charge in [0.1, 0.15) is 5.76 Å². The molecule has 2 aromatic heterocycles. The molecule has 1 N–H and O–H groups in total. The van der Waals surface area contributed by atoms with E-state index in [-0.39, 0.29) is 5.56 Å². The molecule has 0 fully saturated rings. The van der Waals surface area contributed by atoms with Crippen molar-refractivity contribution in [3.8, 4) is 0 Å². The summed E-state index contributed by atoms with van der Waals surface area (Å²) in [6.45, 7) is 0. The molecule has 2 aromatic rings. The van der Waals surface area contributed by atoms with Crippen molar-refractivity contribution >= 4 is 18.1 Å². The first-order valence-corrected chi connectivity index (χ1v) is 4.66. The number of carbonyl (C=O) groups is 1. The molecule has 0 aliphatic heterocycles. The minimum atomic E-state index is -0.993. The number of nitrogens with zero attached hydrogens (tertiary/aromatic N) is 1. The summed E-state index contributed by atoms with van der Waals surface area (Å²) in [4.78, 5) is 14.7. The van der Waals surface area contributed by atoms with Gasteiger partial charge in [0.25, 0.3) is 0 Å². The second-order valence-corrected chi connectivity index (χ2v) is 3.12. The van der Waals surface area contributed by atoms with Crippen molar-refractivity contribution in [1.82, 2.24) is 4.98 Å². The Morgan fingerprint density at radius 2 is 2.25 bits per heavy atom. The molecule has 0 saturated heterocycles. The van der Waals surface area contributed by atoms with Gasteiger partial charge in [-0.2, -0.15) is 0 Å². The number of rotatable bonds is 3. The number of carboxylic acid groups (broad SMARTS) is 1. The summed E-state index contributed by atoms with van der Waals surface area (Å²) >= 11 is 0. The van der Waals surface area contributed by atoms with Crippen molar-refractivity contribution in [2.24, 2.45) is 0 Å². The lowest BCUT2D eigenvalue weighted by Crippen LogP contribution is -1.99. The topological polar surface area (TPSA) is 63.3 Å². The average Bonchev–Trinajstić information content (AvgIpc) is 2.79. The summed E-state index contributed by atoms with van der Waals surface area (Å²) in [5.41, 5.74) is 0.768. The van der Waals surface area contributed by atoms with Gasteiger partial charge in [-0.25, -0.2) is 4.79 Å². The van der Waals surface area contributed by atoms with E-state index in [9.17, 15) is 4.79 Å². The van der Waals surface area contributed by atoms with Crippen molar-refractivity contribution in [3.63, 3.8) is 0 Å². The Kier molecular flexibility index (Phi) is 2.82. The Morgan fingerprint density at radius 1 is 1.38 bits per heavy atom. The normalized spacial score (nSPS) is 10.8.